The third kappa shape index (κ3) is 1.81. The Hall–Kier alpha value is -0.870. The molecular formula is C10H13NO2S. The molecule has 0 saturated carbocycles. The average molecular weight is 211 g/mol. The largest absolute Gasteiger partial charge is 0.465 e. The van der Waals surface area contributed by atoms with Crippen LogP contribution in [-0.2, 0) is 17.7 Å². The number of hydrogen-bond donors (Lipinski definition) is 1. The molecule has 76 valence electrons. The average Bonchev–Trinajstić information content (AvgIpc) is 2.49. The van der Waals surface area contributed by atoms with Crippen LogP contribution in [0.1, 0.15) is 26.5 Å². The Labute approximate surface area is 87.1 Å². The number of esters is 1. The molecule has 0 spiro atoms. The highest BCUT2D eigenvalue weighted by atomic mass is 32.1. The first kappa shape index (κ1) is 9.68. The molecule has 4 heteroatoms. The summed E-state index contributed by atoms with van der Waals surface area (Å²) in [5.41, 5.74) is 1.31. The van der Waals surface area contributed by atoms with Crippen LogP contribution in [-0.4, -0.2) is 19.6 Å². The molecule has 0 atom stereocenters. The van der Waals surface area contributed by atoms with Gasteiger partial charge in [0.25, 0.3) is 0 Å². The quantitative estimate of drug-likeness (QED) is 0.717. The Morgan fingerprint density at radius 2 is 2.50 bits per heavy atom. The topological polar surface area (TPSA) is 38.3 Å². The van der Waals surface area contributed by atoms with Crippen molar-refractivity contribution in [1.29, 1.82) is 0 Å². The maximum absolute atomic E-state index is 11.3. The van der Waals surface area contributed by atoms with Crippen molar-refractivity contribution in [3.63, 3.8) is 0 Å². The molecule has 1 aromatic rings. The highest BCUT2D eigenvalue weighted by molar-refractivity contribution is 7.14. The maximum atomic E-state index is 11.3. The lowest BCUT2D eigenvalue weighted by Gasteiger charge is -1.96. The number of nitrogens with one attached hydrogen (secondary N) is 1. The SMILES string of the molecule is COC(=O)c1cc2c(s1)CNCCC2. The van der Waals surface area contributed by atoms with Crippen LogP contribution in [0, 0.1) is 0 Å². The number of aryl methyl sites for hydroxylation is 1. The molecule has 0 saturated heterocycles. The molecule has 0 bridgehead atoms. The van der Waals surface area contributed by atoms with Gasteiger partial charge in [0.2, 0.25) is 0 Å². The van der Waals surface area contributed by atoms with E-state index in [1.807, 2.05) is 6.07 Å². The van der Waals surface area contributed by atoms with Gasteiger partial charge < -0.3 is 10.1 Å². The molecule has 0 unspecified atom stereocenters. The zero-order chi connectivity index (χ0) is 9.97. The van der Waals surface area contributed by atoms with Gasteiger partial charge in [-0.05, 0) is 31.0 Å². The predicted octanol–water partition coefficient (Wildman–Crippen LogP) is 1.57. The van der Waals surface area contributed by atoms with E-state index in [2.05, 4.69) is 5.32 Å². The second-order valence-electron chi connectivity index (χ2n) is 3.33. The zero-order valence-corrected chi connectivity index (χ0v) is 8.95. The smallest absolute Gasteiger partial charge is 0.348 e. The summed E-state index contributed by atoms with van der Waals surface area (Å²) >= 11 is 1.54. The molecular weight excluding hydrogens is 198 g/mol. The van der Waals surface area contributed by atoms with E-state index in [9.17, 15) is 4.79 Å². The summed E-state index contributed by atoms with van der Waals surface area (Å²) in [6.45, 7) is 1.95. The molecule has 1 N–H and O–H groups in total. The van der Waals surface area contributed by atoms with Crippen LogP contribution < -0.4 is 5.32 Å². The zero-order valence-electron chi connectivity index (χ0n) is 8.13. The Kier molecular flexibility index (Phi) is 2.84. The minimum atomic E-state index is -0.219. The van der Waals surface area contributed by atoms with Crippen molar-refractivity contribution >= 4 is 17.3 Å². The van der Waals surface area contributed by atoms with Crippen molar-refractivity contribution in [1.82, 2.24) is 5.32 Å². The third-order valence-corrected chi connectivity index (χ3v) is 3.53. The molecule has 0 amide bonds. The van der Waals surface area contributed by atoms with Gasteiger partial charge in [-0.25, -0.2) is 4.79 Å². The van der Waals surface area contributed by atoms with Crippen molar-refractivity contribution in [2.24, 2.45) is 0 Å². The monoisotopic (exact) mass is 211 g/mol. The van der Waals surface area contributed by atoms with Gasteiger partial charge in [0, 0.05) is 11.4 Å². The van der Waals surface area contributed by atoms with Gasteiger partial charge >= 0.3 is 5.97 Å². The molecule has 2 heterocycles. The molecule has 1 aliphatic heterocycles. The maximum Gasteiger partial charge on any atom is 0.348 e. The van der Waals surface area contributed by atoms with Crippen molar-refractivity contribution in [2.45, 2.75) is 19.4 Å². The molecule has 14 heavy (non-hydrogen) atoms. The fraction of sp³-hybridized carbons (Fsp3) is 0.500. The molecule has 0 radical (unpaired) electrons. The summed E-state index contributed by atoms with van der Waals surface area (Å²) in [6.07, 6.45) is 2.21. The number of ether oxygens (including phenoxy) is 1. The fourth-order valence-electron chi connectivity index (χ4n) is 1.63. The van der Waals surface area contributed by atoms with Gasteiger partial charge in [-0.3, -0.25) is 0 Å². The second-order valence-corrected chi connectivity index (χ2v) is 4.47. The van der Waals surface area contributed by atoms with Gasteiger partial charge in [-0.15, -0.1) is 11.3 Å². The Balaban J connectivity index is 2.26. The first-order valence-corrected chi connectivity index (χ1v) is 5.53. The van der Waals surface area contributed by atoms with Crippen molar-refractivity contribution in [3.8, 4) is 0 Å². The van der Waals surface area contributed by atoms with E-state index in [4.69, 9.17) is 4.74 Å². The lowest BCUT2D eigenvalue weighted by Crippen LogP contribution is -2.11. The summed E-state index contributed by atoms with van der Waals surface area (Å²) in [4.78, 5) is 13.3. The van der Waals surface area contributed by atoms with E-state index in [0.29, 0.717) is 0 Å². The van der Waals surface area contributed by atoms with E-state index in [0.717, 1.165) is 30.8 Å². The number of thiophene rings is 1. The van der Waals surface area contributed by atoms with Gasteiger partial charge in [-0.2, -0.15) is 0 Å². The van der Waals surface area contributed by atoms with Gasteiger partial charge in [0.05, 0.1) is 7.11 Å². The van der Waals surface area contributed by atoms with Crippen molar-refractivity contribution in [3.05, 3.63) is 21.4 Å². The van der Waals surface area contributed by atoms with Crippen LogP contribution in [0.25, 0.3) is 0 Å². The normalized spacial score (nSPS) is 15.8. The second kappa shape index (κ2) is 4.11. The number of fused-ring (bicyclic) bond motifs is 1. The molecule has 1 aromatic heterocycles. The summed E-state index contributed by atoms with van der Waals surface area (Å²) in [6, 6.07) is 1.97. The fourth-order valence-corrected chi connectivity index (χ4v) is 2.73. The standard InChI is InChI=1S/C10H13NO2S/c1-13-10(12)8-5-7-3-2-4-11-6-9(7)14-8/h5,11H,2-4,6H2,1H3. The van der Waals surface area contributed by atoms with Crippen LogP contribution in [0.4, 0.5) is 0 Å². The van der Waals surface area contributed by atoms with Crippen molar-refractivity contribution in [2.75, 3.05) is 13.7 Å². The van der Waals surface area contributed by atoms with E-state index >= 15 is 0 Å². The number of carbonyl (C=O) groups excluding carboxylic acids is 1. The van der Waals surface area contributed by atoms with Gasteiger partial charge in [-0.1, -0.05) is 0 Å². The van der Waals surface area contributed by atoms with E-state index in [-0.39, 0.29) is 5.97 Å². The predicted molar refractivity (Wildman–Crippen MR) is 55.7 cm³/mol. The Bertz CT molecular complexity index is 322. The number of carbonyl (C=O) groups is 1. The molecule has 3 nitrogen and oxygen atoms in total. The molecule has 0 fully saturated rings. The summed E-state index contributed by atoms with van der Waals surface area (Å²) in [5, 5.41) is 3.33. The van der Waals surface area contributed by atoms with Gasteiger partial charge in [0.1, 0.15) is 4.88 Å². The minimum absolute atomic E-state index is 0.219. The van der Waals surface area contributed by atoms with Crippen LogP contribution in [0.3, 0.4) is 0 Å². The van der Waals surface area contributed by atoms with E-state index in [1.165, 1.54) is 17.6 Å². The molecule has 1 aliphatic rings. The van der Waals surface area contributed by atoms with Gasteiger partial charge in [0.15, 0.2) is 0 Å². The molecule has 0 aliphatic carbocycles. The third-order valence-electron chi connectivity index (χ3n) is 2.37. The highest BCUT2D eigenvalue weighted by Gasteiger charge is 2.15. The summed E-state index contributed by atoms with van der Waals surface area (Å²) in [5.74, 6) is -0.219. The van der Waals surface area contributed by atoms with Crippen molar-refractivity contribution < 1.29 is 9.53 Å². The summed E-state index contributed by atoms with van der Waals surface area (Å²) in [7, 11) is 1.42. The minimum Gasteiger partial charge on any atom is -0.465 e. The first-order chi connectivity index (χ1) is 6.81. The van der Waals surface area contributed by atoms with Crippen LogP contribution in [0.2, 0.25) is 0 Å². The van der Waals surface area contributed by atoms with Crippen LogP contribution >= 0.6 is 11.3 Å². The molecule has 2 rings (SSSR count). The molecule has 0 aromatic carbocycles. The summed E-state index contributed by atoms with van der Waals surface area (Å²) < 4.78 is 4.70. The Morgan fingerprint density at radius 3 is 3.29 bits per heavy atom. The van der Waals surface area contributed by atoms with E-state index < -0.39 is 0 Å². The van der Waals surface area contributed by atoms with Crippen LogP contribution in [0.5, 0.6) is 0 Å². The Morgan fingerprint density at radius 1 is 1.64 bits per heavy atom. The van der Waals surface area contributed by atoms with E-state index in [1.54, 1.807) is 11.3 Å². The number of hydrogen-bond acceptors (Lipinski definition) is 4. The van der Waals surface area contributed by atoms with Crippen LogP contribution in [0.15, 0.2) is 6.07 Å². The first-order valence-electron chi connectivity index (χ1n) is 4.72. The lowest BCUT2D eigenvalue weighted by atomic mass is 10.1. The highest BCUT2D eigenvalue weighted by Crippen LogP contribution is 2.25. The number of rotatable bonds is 1. The number of methoxy groups -OCH3 is 1. The lowest BCUT2D eigenvalue weighted by molar-refractivity contribution is 0.0606.